The van der Waals surface area contributed by atoms with E-state index in [1.54, 1.807) is 0 Å². The van der Waals surface area contributed by atoms with Crippen molar-refractivity contribution in [2.24, 2.45) is 5.41 Å². The van der Waals surface area contributed by atoms with Gasteiger partial charge in [0.25, 0.3) is 0 Å². The Morgan fingerprint density at radius 1 is 1.18 bits per heavy atom. The van der Waals surface area contributed by atoms with E-state index in [2.05, 4.69) is 5.32 Å². The number of anilines is 1. The molecule has 3 heteroatoms. The largest absolute Gasteiger partial charge is 0.491 e. The van der Waals surface area contributed by atoms with Crippen molar-refractivity contribution >= 4 is 11.6 Å². The summed E-state index contributed by atoms with van der Waals surface area (Å²) in [6.45, 7) is 9.63. The topological polar surface area (TPSA) is 38.3 Å². The summed E-state index contributed by atoms with van der Waals surface area (Å²) in [7, 11) is 0. The van der Waals surface area contributed by atoms with Crippen molar-refractivity contribution in [1.29, 1.82) is 0 Å². The number of hydrogen-bond donors (Lipinski definition) is 1. The van der Waals surface area contributed by atoms with Gasteiger partial charge in [0.15, 0.2) is 0 Å². The summed E-state index contributed by atoms with van der Waals surface area (Å²) in [5.41, 5.74) is 0.411. The Morgan fingerprint density at radius 3 is 2.12 bits per heavy atom. The monoisotopic (exact) mass is 235 g/mol. The van der Waals surface area contributed by atoms with Crippen LogP contribution in [0.5, 0.6) is 5.75 Å². The van der Waals surface area contributed by atoms with Gasteiger partial charge in [-0.2, -0.15) is 0 Å². The van der Waals surface area contributed by atoms with E-state index in [1.807, 2.05) is 58.9 Å². The summed E-state index contributed by atoms with van der Waals surface area (Å²) >= 11 is 0. The van der Waals surface area contributed by atoms with Gasteiger partial charge in [-0.3, -0.25) is 4.79 Å². The minimum absolute atomic E-state index is 0.00929. The minimum Gasteiger partial charge on any atom is -0.491 e. The van der Waals surface area contributed by atoms with Gasteiger partial charge in [-0.1, -0.05) is 20.8 Å². The van der Waals surface area contributed by atoms with Gasteiger partial charge in [-0.05, 0) is 38.1 Å². The van der Waals surface area contributed by atoms with Crippen molar-refractivity contribution in [1.82, 2.24) is 0 Å². The normalized spacial score (nSPS) is 11.4. The number of ether oxygens (including phenoxy) is 1. The van der Waals surface area contributed by atoms with Crippen LogP contribution in [0.1, 0.15) is 34.6 Å². The molecule has 0 radical (unpaired) electrons. The lowest BCUT2D eigenvalue weighted by Crippen LogP contribution is -2.27. The molecule has 0 saturated heterocycles. The van der Waals surface area contributed by atoms with Crippen LogP contribution in [-0.2, 0) is 4.79 Å². The van der Waals surface area contributed by atoms with Gasteiger partial charge in [0.2, 0.25) is 5.91 Å². The van der Waals surface area contributed by atoms with Gasteiger partial charge < -0.3 is 10.1 Å². The molecule has 0 aliphatic rings. The average molecular weight is 235 g/mol. The van der Waals surface area contributed by atoms with Crippen LogP contribution < -0.4 is 10.1 Å². The third-order valence-electron chi connectivity index (χ3n) is 2.17. The highest BCUT2D eigenvalue weighted by atomic mass is 16.5. The molecule has 1 N–H and O–H groups in total. The molecule has 0 heterocycles. The Hall–Kier alpha value is -1.51. The Balaban J connectivity index is 2.66. The van der Waals surface area contributed by atoms with Crippen LogP contribution >= 0.6 is 0 Å². The molecule has 0 aliphatic heterocycles. The molecular weight excluding hydrogens is 214 g/mol. The first kappa shape index (κ1) is 13.6. The van der Waals surface area contributed by atoms with Gasteiger partial charge in [-0.25, -0.2) is 0 Å². The molecule has 17 heavy (non-hydrogen) atoms. The van der Waals surface area contributed by atoms with Crippen LogP contribution in [0, 0.1) is 5.41 Å². The van der Waals surface area contributed by atoms with Crippen LogP contribution in [0.3, 0.4) is 0 Å². The predicted octanol–water partition coefficient (Wildman–Crippen LogP) is 3.46. The van der Waals surface area contributed by atoms with Crippen molar-refractivity contribution in [3.8, 4) is 5.75 Å². The fourth-order valence-corrected chi connectivity index (χ4v) is 1.21. The molecule has 3 nitrogen and oxygen atoms in total. The maximum atomic E-state index is 11.8. The van der Waals surface area contributed by atoms with Crippen LogP contribution in [-0.4, -0.2) is 12.0 Å². The van der Waals surface area contributed by atoms with E-state index in [0.717, 1.165) is 11.4 Å². The van der Waals surface area contributed by atoms with Gasteiger partial charge in [0.05, 0.1) is 6.10 Å². The van der Waals surface area contributed by atoms with Crippen molar-refractivity contribution in [3.05, 3.63) is 24.3 Å². The Morgan fingerprint density at radius 2 is 1.71 bits per heavy atom. The van der Waals surface area contributed by atoms with Crippen molar-refractivity contribution in [2.45, 2.75) is 40.7 Å². The number of amides is 1. The number of nitrogens with one attached hydrogen (secondary N) is 1. The molecule has 0 spiro atoms. The van der Waals surface area contributed by atoms with E-state index in [0.29, 0.717) is 0 Å². The maximum Gasteiger partial charge on any atom is 0.229 e. The molecule has 0 aromatic heterocycles. The van der Waals surface area contributed by atoms with E-state index in [4.69, 9.17) is 4.74 Å². The molecule has 0 fully saturated rings. The summed E-state index contributed by atoms with van der Waals surface area (Å²) < 4.78 is 5.53. The first-order chi connectivity index (χ1) is 7.79. The number of carbonyl (C=O) groups is 1. The fourth-order valence-electron chi connectivity index (χ4n) is 1.21. The second kappa shape index (κ2) is 5.21. The van der Waals surface area contributed by atoms with Gasteiger partial charge in [-0.15, -0.1) is 0 Å². The van der Waals surface area contributed by atoms with E-state index in [9.17, 15) is 4.79 Å². The highest BCUT2D eigenvalue weighted by Gasteiger charge is 2.20. The molecule has 1 aromatic rings. The number of hydrogen-bond acceptors (Lipinski definition) is 2. The molecule has 1 amide bonds. The Kier molecular flexibility index (Phi) is 4.16. The first-order valence-electron chi connectivity index (χ1n) is 5.87. The molecular formula is C14H21NO2. The lowest BCUT2D eigenvalue weighted by molar-refractivity contribution is -0.123. The predicted molar refractivity (Wildman–Crippen MR) is 70.3 cm³/mol. The molecule has 0 bridgehead atoms. The van der Waals surface area contributed by atoms with Crippen molar-refractivity contribution in [2.75, 3.05) is 5.32 Å². The third kappa shape index (κ3) is 4.47. The third-order valence-corrected chi connectivity index (χ3v) is 2.17. The molecule has 1 aromatic carbocycles. The van der Waals surface area contributed by atoms with E-state index in [1.165, 1.54) is 0 Å². The van der Waals surface area contributed by atoms with Crippen molar-refractivity contribution < 1.29 is 9.53 Å². The fraction of sp³-hybridized carbons (Fsp3) is 0.500. The summed E-state index contributed by atoms with van der Waals surface area (Å²) in [4.78, 5) is 11.8. The highest BCUT2D eigenvalue weighted by Crippen LogP contribution is 2.20. The molecule has 0 atom stereocenters. The smallest absolute Gasteiger partial charge is 0.229 e. The number of rotatable bonds is 3. The van der Waals surface area contributed by atoms with Crippen LogP contribution in [0.15, 0.2) is 24.3 Å². The summed E-state index contributed by atoms with van der Waals surface area (Å²) in [6.07, 6.45) is 0.157. The van der Waals surface area contributed by atoms with Crippen LogP contribution in [0.2, 0.25) is 0 Å². The minimum atomic E-state index is -0.382. The number of benzene rings is 1. The summed E-state index contributed by atoms with van der Waals surface area (Å²) in [6, 6.07) is 7.42. The standard InChI is InChI=1S/C14H21NO2/c1-10(2)17-12-8-6-11(7-9-12)15-13(16)14(3,4)5/h6-10H,1-5H3,(H,15,16). The Labute approximate surface area is 103 Å². The van der Waals surface area contributed by atoms with E-state index >= 15 is 0 Å². The van der Waals surface area contributed by atoms with Crippen LogP contribution in [0.4, 0.5) is 5.69 Å². The van der Waals surface area contributed by atoms with Crippen LogP contribution in [0.25, 0.3) is 0 Å². The van der Waals surface area contributed by atoms with Gasteiger partial charge >= 0.3 is 0 Å². The quantitative estimate of drug-likeness (QED) is 0.871. The number of carbonyl (C=O) groups excluding carboxylic acids is 1. The second-order valence-electron chi connectivity index (χ2n) is 5.40. The zero-order valence-corrected chi connectivity index (χ0v) is 11.2. The van der Waals surface area contributed by atoms with Gasteiger partial charge in [0.1, 0.15) is 5.75 Å². The SMILES string of the molecule is CC(C)Oc1ccc(NC(=O)C(C)(C)C)cc1. The lowest BCUT2D eigenvalue weighted by atomic mass is 9.95. The summed E-state index contributed by atoms with van der Waals surface area (Å²) in [5, 5.41) is 2.87. The molecule has 0 saturated carbocycles. The van der Waals surface area contributed by atoms with E-state index in [-0.39, 0.29) is 17.4 Å². The van der Waals surface area contributed by atoms with Gasteiger partial charge in [0, 0.05) is 11.1 Å². The molecule has 94 valence electrons. The first-order valence-corrected chi connectivity index (χ1v) is 5.87. The van der Waals surface area contributed by atoms with Crippen molar-refractivity contribution in [3.63, 3.8) is 0 Å². The molecule has 0 aliphatic carbocycles. The maximum absolute atomic E-state index is 11.8. The summed E-state index contributed by atoms with van der Waals surface area (Å²) in [5.74, 6) is 0.823. The average Bonchev–Trinajstić information content (AvgIpc) is 2.18. The molecule has 0 unspecified atom stereocenters. The Bertz CT molecular complexity index is 374. The highest BCUT2D eigenvalue weighted by molar-refractivity contribution is 5.94. The zero-order valence-electron chi connectivity index (χ0n) is 11.2. The second-order valence-corrected chi connectivity index (χ2v) is 5.40. The lowest BCUT2D eigenvalue weighted by Gasteiger charge is -2.18. The van der Waals surface area contributed by atoms with E-state index < -0.39 is 0 Å². The molecule has 1 rings (SSSR count). The zero-order chi connectivity index (χ0) is 13.1.